The molecule has 1 unspecified atom stereocenters. The predicted molar refractivity (Wildman–Crippen MR) is 123 cm³/mol. The first-order valence-electron chi connectivity index (χ1n) is 10.3. The molecular formula is C24H26ClNO7. The van der Waals surface area contributed by atoms with Crippen molar-refractivity contribution < 1.29 is 33.6 Å². The zero-order valence-corrected chi connectivity index (χ0v) is 19.6. The van der Waals surface area contributed by atoms with Crippen molar-refractivity contribution in [1.29, 1.82) is 0 Å². The maximum atomic E-state index is 13.1. The molecule has 1 amide bonds. The topological polar surface area (TPSA) is 94.5 Å². The number of methoxy groups -OCH3 is 3. The van der Waals surface area contributed by atoms with Gasteiger partial charge in [-0.05, 0) is 31.2 Å². The summed E-state index contributed by atoms with van der Waals surface area (Å²) in [5, 5.41) is 11.6. The van der Waals surface area contributed by atoms with E-state index < -0.39 is 17.7 Å². The van der Waals surface area contributed by atoms with Gasteiger partial charge in [0.15, 0.2) is 11.5 Å². The number of amides is 1. The first kappa shape index (κ1) is 24.4. The van der Waals surface area contributed by atoms with E-state index in [-0.39, 0.29) is 24.5 Å². The molecule has 0 radical (unpaired) electrons. The zero-order chi connectivity index (χ0) is 24.1. The Labute approximate surface area is 197 Å². The van der Waals surface area contributed by atoms with Crippen LogP contribution in [0.3, 0.4) is 0 Å². The summed E-state index contributed by atoms with van der Waals surface area (Å²) >= 11 is 6.17. The highest BCUT2D eigenvalue weighted by molar-refractivity contribution is 6.46. The molecule has 1 N–H and O–H groups in total. The van der Waals surface area contributed by atoms with E-state index in [1.807, 2.05) is 0 Å². The molecule has 2 aromatic carbocycles. The van der Waals surface area contributed by atoms with Crippen molar-refractivity contribution in [2.45, 2.75) is 13.0 Å². The van der Waals surface area contributed by atoms with E-state index >= 15 is 0 Å². The van der Waals surface area contributed by atoms with E-state index in [4.69, 9.17) is 30.5 Å². The molecule has 1 saturated heterocycles. The SMILES string of the molecule is CCOc1cc(/C(O)=C2\C(=O)C(=O)N(CCOC)C2c2cccc(OC)c2OC)ccc1Cl. The lowest BCUT2D eigenvalue weighted by Gasteiger charge is -2.27. The molecule has 1 heterocycles. The highest BCUT2D eigenvalue weighted by Crippen LogP contribution is 2.45. The Morgan fingerprint density at radius 1 is 1.09 bits per heavy atom. The first-order chi connectivity index (χ1) is 15.9. The van der Waals surface area contributed by atoms with E-state index in [1.165, 1.54) is 32.3 Å². The number of halogens is 1. The maximum absolute atomic E-state index is 13.1. The van der Waals surface area contributed by atoms with Crippen LogP contribution in [-0.4, -0.2) is 62.8 Å². The minimum atomic E-state index is -0.920. The highest BCUT2D eigenvalue weighted by atomic mass is 35.5. The molecule has 2 aromatic rings. The maximum Gasteiger partial charge on any atom is 0.295 e. The van der Waals surface area contributed by atoms with Crippen molar-refractivity contribution in [1.82, 2.24) is 4.90 Å². The molecule has 3 rings (SSSR count). The summed E-state index contributed by atoms with van der Waals surface area (Å²) in [5.74, 6) is -0.772. The Morgan fingerprint density at radius 3 is 2.48 bits per heavy atom. The van der Waals surface area contributed by atoms with Crippen molar-refractivity contribution in [2.24, 2.45) is 0 Å². The Kier molecular flexibility index (Phi) is 7.84. The highest BCUT2D eigenvalue weighted by Gasteiger charge is 2.47. The van der Waals surface area contributed by atoms with Crippen LogP contribution in [0.25, 0.3) is 5.76 Å². The van der Waals surface area contributed by atoms with Crippen LogP contribution >= 0.6 is 11.6 Å². The van der Waals surface area contributed by atoms with Crippen LogP contribution in [0.2, 0.25) is 5.02 Å². The second-order valence-corrected chi connectivity index (χ2v) is 7.55. The minimum Gasteiger partial charge on any atom is -0.507 e. The van der Waals surface area contributed by atoms with E-state index in [2.05, 4.69) is 0 Å². The Hall–Kier alpha value is -3.23. The van der Waals surface area contributed by atoms with Crippen LogP contribution in [-0.2, 0) is 14.3 Å². The van der Waals surface area contributed by atoms with Gasteiger partial charge in [0.05, 0.1) is 44.1 Å². The average molecular weight is 476 g/mol. The summed E-state index contributed by atoms with van der Waals surface area (Å²) < 4.78 is 21.6. The number of likely N-dealkylation sites (tertiary alicyclic amines) is 1. The van der Waals surface area contributed by atoms with E-state index in [0.29, 0.717) is 40.0 Å². The largest absolute Gasteiger partial charge is 0.507 e. The summed E-state index contributed by atoms with van der Waals surface area (Å²) in [6, 6.07) is 8.88. The van der Waals surface area contributed by atoms with Gasteiger partial charge < -0.3 is 29.0 Å². The number of ketones is 1. The molecule has 176 valence electrons. The monoisotopic (exact) mass is 475 g/mol. The van der Waals surface area contributed by atoms with Gasteiger partial charge in [-0.25, -0.2) is 0 Å². The number of aliphatic hydroxyl groups is 1. The number of carbonyl (C=O) groups excluding carboxylic acids is 2. The number of aliphatic hydroxyl groups excluding tert-OH is 1. The number of ether oxygens (including phenoxy) is 4. The fourth-order valence-electron chi connectivity index (χ4n) is 3.82. The second-order valence-electron chi connectivity index (χ2n) is 7.15. The lowest BCUT2D eigenvalue weighted by Crippen LogP contribution is -2.32. The molecule has 0 aromatic heterocycles. The van der Waals surface area contributed by atoms with Gasteiger partial charge in [0.25, 0.3) is 11.7 Å². The molecule has 1 aliphatic heterocycles. The molecule has 0 aliphatic carbocycles. The number of rotatable bonds is 9. The molecule has 8 nitrogen and oxygen atoms in total. The quantitative estimate of drug-likeness (QED) is 0.334. The number of carbonyl (C=O) groups is 2. The number of para-hydroxylation sites is 1. The Bertz CT molecular complexity index is 1080. The summed E-state index contributed by atoms with van der Waals surface area (Å²) in [7, 11) is 4.46. The first-order valence-corrected chi connectivity index (χ1v) is 10.7. The summed E-state index contributed by atoms with van der Waals surface area (Å²) in [4.78, 5) is 27.5. The summed E-state index contributed by atoms with van der Waals surface area (Å²) in [5.41, 5.74) is 0.708. The van der Waals surface area contributed by atoms with Crippen LogP contribution in [0.1, 0.15) is 24.1 Å². The summed E-state index contributed by atoms with van der Waals surface area (Å²) in [6.45, 7) is 2.50. The molecule has 0 spiro atoms. The third kappa shape index (κ3) is 4.62. The fraction of sp³-hybridized carbons (Fsp3) is 0.333. The zero-order valence-electron chi connectivity index (χ0n) is 18.9. The van der Waals surface area contributed by atoms with Gasteiger partial charge in [-0.3, -0.25) is 9.59 Å². The number of hydrogen-bond donors (Lipinski definition) is 1. The number of benzene rings is 2. The van der Waals surface area contributed by atoms with Gasteiger partial charge >= 0.3 is 0 Å². The van der Waals surface area contributed by atoms with Gasteiger partial charge in [0.2, 0.25) is 0 Å². The number of hydrogen-bond acceptors (Lipinski definition) is 7. The van der Waals surface area contributed by atoms with E-state index in [1.54, 1.807) is 37.3 Å². The molecule has 0 bridgehead atoms. The molecule has 1 atom stereocenters. The Balaban J connectivity index is 2.25. The van der Waals surface area contributed by atoms with E-state index in [9.17, 15) is 14.7 Å². The molecule has 9 heteroatoms. The number of nitrogens with zero attached hydrogens (tertiary/aromatic N) is 1. The number of Topliss-reactive ketones (excluding diaryl/α,β-unsaturated/α-hetero) is 1. The van der Waals surface area contributed by atoms with Crippen LogP contribution in [0.15, 0.2) is 42.0 Å². The van der Waals surface area contributed by atoms with E-state index in [0.717, 1.165) is 0 Å². The normalized spacial score (nSPS) is 17.4. The standard InChI is InChI=1S/C24H26ClNO7/c1-5-33-18-13-14(9-10-16(18)25)21(27)19-20(26(11-12-30-2)24(29)22(19)28)15-7-6-8-17(31-3)23(15)32-4/h6-10,13,20,27H,5,11-12H2,1-4H3/b21-19+. The van der Waals surface area contributed by atoms with Crippen molar-refractivity contribution >= 4 is 29.1 Å². The van der Waals surface area contributed by atoms with Gasteiger partial charge in [-0.15, -0.1) is 0 Å². The van der Waals surface area contributed by atoms with Crippen LogP contribution < -0.4 is 14.2 Å². The van der Waals surface area contributed by atoms with Crippen molar-refractivity contribution in [3.05, 3.63) is 58.1 Å². The molecule has 33 heavy (non-hydrogen) atoms. The van der Waals surface area contributed by atoms with Crippen molar-refractivity contribution in [3.63, 3.8) is 0 Å². The second kappa shape index (κ2) is 10.6. The Morgan fingerprint density at radius 2 is 1.85 bits per heavy atom. The minimum absolute atomic E-state index is 0.0765. The molecule has 1 aliphatic rings. The van der Waals surface area contributed by atoms with Crippen LogP contribution in [0.4, 0.5) is 0 Å². The summed E-state index contributed by atoms with van der Waals surface area (Å²) in [6.07, 6.45) is 0. The molecule has 1 fully saturated rings. The lowest BCUT2D eigenvalue weighted by molar-refractivity contribution is -0.140. The average Bonchev–Trinajstić information content (AvgIpc) is 3.07. The van der Waals surface area contributed by atoms with Gasteiger partial charge in [-0.2, -0.15) is 0 Å². The van der Waals surface area contributed by atoms with Crippen molar-refractivity contribution in [3.8, 4) is 17.2 Å². The van der Waals surface area contributed by atoms with Gasteiger partial charge in [-0.1, -0.05) is 23.7 Å². The fourth-order valence-corrected chi connectivity index (χ4v) is 4.00. The van der Waals surface area contributed by atoms with Crippen LogP contribution in [0.5, 0.6) is 17.2 Å². The smallest absolute Gasteiger partial charge is 0.295 e. The molecular weight excluding hydrogens is 450 g/mol. The lowest BCUT2D eigenvalue weighted by atomic mass is 9.94. The predicted octanol–water partition coefficient (Wildman–Crippen LogP) is 3.82. The van der Waals surface area contributed by atoms with Crippen LogP contribution in [0, 0.1) is 0 Å². The third-order valence-electron chi connectivity index (χ3n) is 5.31. The third-order valence-corrected chi connectivity index (χ3v) is 5.62. The van der Waals surface area contributed by atoms with Gasteiger partial charge in [0.1, 0.15) is 11.5 Å². The molecule has 0 saturated carbocycles. The van der Waals surface area contributed by atoms with Crippen molar-refractivity contribution in [2.75, 3.05) is 41.1 Å². The van der Waals surface area contributed by atoms with Gasteiger partial charge in [0, 0.05) is 24.8 Å².